The summed E-state index contributed by atoms with van der Waals surface area (Å²) in [5.41, 5.74) is 5.31. The lowest BCUT2D eigenvalue weighted by Gasteiger charge is -2.47. The summed E-state index contributed by atoms with van der Waals surface area (Å²) >= 11 is 0. The lowest BCUT2D eigenvalue weighted by Crippen LogP contribution is -2.61. The lowest BCUT2D eigenvalue weighted by molar-refractivity contribution is 0.373. The van der Waals surface area contributed by atoms with E-state index < -0.39 is 0 Å². The van der Waals surface area contributed by atoms with E-state index in [-0.39, 0.29) is 5.66 Å². The van der Waals surface area contributed by atoms with Crippen molar-refractivity contribution in [2.24, 2.45) is 0 Å². The molecule has 4 nitrogen and oxygen atoms in total. The first-order chi connectivity index (χ1) is 12.5. The molecule has 26 heavy (non-hydrogen) atoms. The molecule has 0 aliphatic carbocycles. The van der Waals surface area contributed by atoms with Gasteiger partial charge in [0.15, 0.2) is 0 Å². The van der Waals surface area contributed by atoms with E-state index in [4.69, 9.17) is 0 Å². The predicted molar refractivity (Wildman–Crippen MR) is 113 cm³/mol. The average molecular weight is 351 g/mol. The Labute approximate surface area is 157 Å². The molecule has 0 bridgehead atoms. The van der Waals surface area contributed by atoms with Gasteiger partial charge in [0.25, 0.3) is 0 Å². The molecule has 0 saturated heterocycles. The Balaban J connectivity index is 1.77. The first-order valence-corrected chi connectivity index (χ1v) is 9.62. The van der Waals surface area contributed by atoms with Gasteiger partial charge in [-0.15, -0.1) is 0 Å². The van der Waals surface area contributed by atoms with Crippen LogP contribution in [0.15, 0.2) is 48.5 Å². The Morgan fingerprint density at radius 1 is 0.654 bits per heavy atom. The molecule has 0 aromatic heterocycles. The van der Waals surface area contributed by atoms with Crippen molar-refractivity contribution in [1.29, 1.82) is 0 Å². The molecule has 0 atom stereocenters. The SMILES string of the molecule is CN1CCCCC2(CN(C)c3ccccc31)N(C)c1ccccc1N2C. The Morgan fingerprint density at radius 2 is 1.15 bits per heavy atom. The van der Waals surface area contributed by atoms with Gasteiger partial charge in [0, 0.05) is 34.7 Å². The molecule has 1 spiro atoms. The molecule has 2 aromatic carbocycles. The van der Waals surface area contributed by atoms with Gasteiger partial charge < -0.3 is 19.6 Å². The Kier molecular flexibility index (Phi) is 4.22. The lowest BCUT2D eigenvalue weighted by atomic mass is 9.98. The van der Waals surface area contributed by atoms with Gasteiger partial charge in [0.05, 0.1) is 29.3 Å². The summed E-state index contributed by atoms with van der Waals surface area (Å²) in [5, 5.41) is 0. The van der Waals surface area contributed by atoms with Crippen molar-refractivity contribution in [3.05, 3.63) is 48.5 Å². The highest BCUT2D eigenvalue weighted by molar-refractivity contribution is 5.80. The van der Waals surface area contributed by atoms with Gasteiger partial charge in [0.1, 0.15) is 5.66 Å². The molecule has 2 aliphatic heterocycles. The first-order valence-electron chi connectivity index (χ1n) is 9.62. The van der Waals surface area contributed by atoms with Crippen LogP contribution in [0.25, 0.3) is 0 Å². The topological polar surface area (TPSA) is 13.0 Å². The highest BCUT2D eigenvalue weighted by Crippen LogP contribution is 2.46. The molecule has 138 valence electrons. The van der Waals surface area contributed by atoms with Crippen LogP contribution in [0.1, 0.15) is 19.3 Å². The standard InChI is InChI=1S/C22H30N4/c1-23-16-10-9-15-22(17-24(2)19-12-6-5-11-18(19)23)25(3)20-13-7-8-14-21(20)26(22)4/h5-8,11-14H,9-10,15-17H2,1-4H3. The molecule has 0 saturated carbocycles. The maximum atomic E-state index is 2.51. The zero-order chi connectivity index (χ0) is 18.3. The van der Waals surface area contributed by atoms with Crippen molar-refractivity contribution in [3.8, 4) is 0 Å². The van der Waals surface area contributed by atoms with Crippen LogP contribution in [0.4, 0.5) is 22.7 Å². The van der Waals surface area contributed by atoms with Crippen LogP contribution < -0.4 is 19.6 Å². The predicted octanol–water partition coefficient (Wildman–Crippen LogP) is 4.03. The molecule has 0 amide bonds. The van der Waals surface area contributed by atoms with Crippen molar-refractivity contribution >= 4 is 22.7 Å². The molecular weight excluding hydrogens is 320 g/mol. The number of para-hydroxylation sites is 4. The third kappa shape index (κ3) is 2.51. The number of fused-ring (bicyclic) bond motifs is 2. The molecule has 0 N–H and O–H groups in total. The van der Waals surface area contributed by atoms with Crippen molar-refractivity contribution in [2.75, 3.05) is 60.9 Å². The molecule has 2 heterocycles. The highest BCUT2D eigenvalue weighted by atomic mass is 15.5. The number of benzene rings is 2. The molecule has 2 aromatic rings. The van der Waals surface area contributed by atoms with E-state index in [1.54, 1.807) is 0 Å². The minimum atomic E-state index is -0.0124. The van der Waals surface area contributed by atoms with E-state index in [0.29, 0.717) is 0 Å². The van der Waals surface area contributed by atoms with Crippen LogP contribution in [-0.2, 0) is 0 Å². The summed E-state index contributed by atoms with van der Waals surface area (Å²) in [4.78, 5) is 9.86. The number of anilines is 4. The van der Waals surface area contributed by atoms with Crippen molar-refractivity contribution < 1.29 is 0 Å². The van der Waals surface area contributed by atoms with E-state index in [0.717, 1.165) is 19.5 Å². The van der Waals surface area contributed by atoms with Crippen LogP contribution in [0.5, 0.6) is 0 Å². The van der Waals surface area contributed by atoms with Crippen LogP contribution in [0, 0.1) is 0 Å². The molecule has 4 heteroatoms. The summed E-state index contributed by atoms with van der Waals surface area (Å²) < 4.78 is 0. The summed E-state index contributed by atoms with van der Waals surface area (Å²) in [6.45, 7) is 2.07. The Morgan fingerprint density at radius 3 is 1.73 bits per heavy atom. The van der Waals surface area contributed by atoms with Crippen LogP contribution >= 0.6 is 0 Å². The molecule has 2 aliphatic rings. The minimum Gasteiger partial charge on any atom is -0.373 e. The number of rotatable bonds is 0. The summed E-state index contributed by atoms with van der Waals surface area (Å²) in [5.74, 6) is 0. The second kappa shape index (κ2) is 6.42. The van der Waals surface area contributed by atoms with E-state index in [9.17, 15) is 0 Å². The second-order valence-electron chi connectivity index (χ2n) is 7.81. The molecule has 0 fully saturated rings. The minimum absolute atomic E-state index is 0.0124. The van der Waals surface area contributed by atoms with Gasteiger partial charge in [-0.05, 0) is 43.5 Å². The van der Waals surface area contributed by atoms with E-state index >= 15 is 0 Å². The van der Waals surface area contributed by atoms with Gasteiger partial charge in [0.2, 0.25) is 0 Å². The molecule has 0 radical (unpaired) electrons. The van der Waals surface area contributed by atoms with Gasteiger partial charge in [-0.3, -0.25) is 0 Å². The Hall–Kier alpha value is -2.36. The first kappa shape index (κ1) is 17.1. The fourth-order valence-electron chi connectivity index (χ4n) is 4.78. The number of hydrogen-bond acceptors (Lipinski definition) is 4. The molecular formula is C22H30N4. The fraction of sp³-hybridized carbons (Fsp3) is 0.455. The van der Waals surface area contributed by atoms with Crippen LogP contribution in [0.2, 0.25) is 0 Å². The number of hydrogen-bond donors (Lipinski definition) is 0. The number of likely N-dealkylation sites (N-methyl/N-ethyl adjacent to an activating group) is 3. The van der Waals surface area contributed by atoms with E-state index in [2.05, 4.69) is 96.3 Å². The van der Waals surface area contributed by atoms with Gasteiger partial charge in [-0.25, -0.2) is 0 Å². The zero-order valence-corrected chi connectivity index (χ0v) is 16.4. The molecule has 0 unspecified atom stereocenters. The number of nitrogens with zero attached hydrogens (tertiary/aromatic N) is 4. The van der Waals surface area contributed by atoms with Crippen molar-refractivity contribution in [1.82, 2.24) is 0 Å². The van der Waals surface area contributed by atoms with Crippen molar-refractivity contribution in [3.63, 3.8) is 0 Å². The Bertz CT molecular complexity index is 758. The summed E-state index contributed by atoms with van der Waals surface area (Å²) in [7, 11) is 8.98. The van der Waals surface area contributed by atoms with E-state index in [1.165, 1.54) is 35.6 Å². The third-order valence-corrected chi connectivity index (χ3v) is 6.37. The van der Waals surface area contributed by atoms with Crippen molar-refractivity contribution in [2.45, 2.75) is 24.9 Å². The van der Waals surface area contributed by atoms with Gasteiger partial charge >= 0.3 is 0 Å². The van der Waals surface area contributed by atoms with Crippen LogP contribution in [-0.4, -0.2) is 46.9 Å². The third-order valence-electron chi connectivity index (χ3n) is 6.37. The maximum Gasteiger partial charge on any atom is 0.130 e. The second-order valence-corrected chi connectivity index (χ2v) is 7.81. The summed E-state index contributed by atoms with van der Waals surface area (Å²) in [6.07, 6.45) is 3.60. The normalized spacial score (nSPS) is 19.5. The van der Waals surface area contributed by atoms with Gasteiger partial charge in [-0.1, -0.05) is 24.3 Å². The largest absolute Gasteiger partial charge is 0.373 e. The maximum absolute atomic E-state index is 2.51. The van der Waals surface area contributed by atoms with Crippen LogP contribution in [0.3, 0.4) is 0 Å². The fourth-order valence-corrected chi connectivity index (χ4v) is 4.78. The smallest absolute Gasteiger partial charge is 0.130 e. The summed E-state index contributed by atoms with van der Waals surface area (Å²) in [6, 6.07) is 17.6. The quantitative estimate of drug-likeness (QED) is 0.711. The van der Waals surface area contributed by atoms with E-state index in [1.807, 2.05) is 0 Å². The van der Waals surface area contributed by atoms with Gasteiger partial charge in [-0.2, -0.15) is 0 Å². The highest BCUT2D eigenvalue weighted by Gasteiger charge is 2.46. The monoisotopic (exact) mass is 350 g/mol. The molecule has 4 rings (SSSR count). The average Bonchev–Trinajstić information content (AvgIpc) is 2.87. The zero-order valence-electron chi connectivity index (χ0n) is 16.4.